The molecule has 0 bridgehead atoms. The standard InChI is InChI=1S/C28H25ClFN3O3/c1-17(18-8-13-22(30)14-9-18)31-28(36)20-10-15-23-25(16-20)32-24(4-2-3-5-26(34)35)27(33-23)19-6-11-21(29)12-7-19/h6-17H,2-5H2,1H3,(H,31,36)(H,34,35)/t17-/m0/s1. The molecule has 8 heteroatoms. The lowest BCUT2D eigenvalue weighted by atomic mass is 10.0. The van der Waals surface area contributed by atoms with Crippen LogP contribution in [0, 0.1) is 5.82 Å². The molecule has 2 N–H and O–H groups in total. The van der Waals surface area contributed by atoms with E-state index in [-0.39, 0.29) is 24.2 Å². The number of amides is 1. The van der Waals surface area contributed by atoms with Gasteiger partial charge in [0.1, 0.15) is 5.82 Å². The molecule has 1 heterocycles. The van der Waals surface area contributed by atoms with Crippen LogP contribution in [0.1, 0.15) is 53.8 Å². The Balaban J connectivity index is 1.62. The quantitative estimate of drug-likeness (QED) is 0.257. The number of carbonyl (C=O) groups is 2. The third kappa shape index (κ3) is 6.23. The van der Waals surface area contributed by atoms with Crippen LogP contribution in [0.2, 0.25) is 5.02 Å². The highest BCUT2D eigenvalue weighted by molar-refractivity contribution is 6.30. The highest BCUT2D eigenvalue weighted by Crippen LogP contribution is 2.27. The van der Waals surface area contributed by atoms with Crippen LogP contribution in [-0.4, -0.2) is 27.0 Å². The number of fused-ring (bicyclic) bond motifs is 1. The van der Waals surface area contributed by atoms with Gasteiger partial charge in [-0.05, 0) is 74.2 Å². The minimum absolute atomic E-state index is 0.0911. The smallest absolute Gasteiger partial charge is 0.303 e. The van der Waals surface area contributed by atoms with E-state index in [1.807, 2.05) is 19.1 Å². The first-order valence-corrected chi connectivity index (χ1v) is 12.0. The van der Waals surface area contributed by atoms with Crippen LogP contribution in [-0.2, 0) is 11.2 Å². The lowest BCUT2D eigenvalue weighted by Crippen LogP contribution is -2.26. The van der Waals surface area contributed by atoms with Crippen molar-refractivity contribution >= 4 is 34.5 Å². The number of aromatic nitrogens is 2. The second-order valence-electron chi connectivity index (χ2n) is 8.58. The molecule has 0 unspecified atom stereocenters. The average Bonchev–Trinajstić information content (AvgIpc) is 2.86. The fourth-order valence-electron chi connectivity index (χ4n) is 3.93. The van der Waals surface area contributed by atoms with Gasteiger partial charge in [0.25, 0.3) is 5.91 Å². The molecular weight excluding hydrogens is 481 g/mol. The Morgan fingerprint density at radius 2 is 1.69 bits per heavy atom. The number of rotatable bonds is 9. The minimum atomic E-state index is -0.831. The Kier molecular flexibility index (Phi) is 7.90. The molecule has 0 spiro atoms. The zero-order chi connectivity index (χ0) is 25.7. The van der Waals surface area contributed by atoms with Gasteiger partial charge in [-0.3, -0.25) is 9.59 Å². The largest absolute Gasteiger partial charge is 0.481 e. The van der Waals surface area contributed by atoms with Gasteiger partial charge in [-0.15, -0.1) is 0 Å². The zero-order valence-electron chi connectivity index (χ0n) is 19.7. The third-order valence-corrected chi connectivity index (χ3v) is 6.14. The van der Waals surface area contributed by atoms with Crippen LogP contribution in [0.5, 0.6) is 0 Å². The minimum Gasteiger partial charge on any atom is -0.481 e. The summed E-state index contributed by atoms with van der Waals surface area (Å²) in [5, 5.41) is 12.5. The van der Waals surface area contributed by atoms with Crippen LogP contribution in [0.25, 0.3) is 22.3 Å². The summed E-state index contributed by atoms with van der Waals surface area (Å²) in [6, 6.07) is 18.2. The maximum atomic E-state index is 13.2. The van der Waals surface area contributed by atoms with Crippen molar-refractivity contribution in [1.82, 2.24) is 15.3 Å². The first-order valence-electron chi connectivity index (χ1n) is 11.6. The highest BCUT2D eigenvalue weighted by atomic mass is 35.5. The Morgan fingerprint density at radius 3 is 2.39 bits per heavy atom. The Bertz CT molecular complexity index is 1390. The van der Waals surface area contributed by atoms with Crippen LogP contribution < -0.4 is 5.32 Å². The molecule has 184 valence electrons. The Hall–Kier alpha value is -3.84. The van der Waals surface area contributed by atoms with Crippen molar-refractivity contribution in [3.8, 4) is 11.3 Å². The number of hydrogen-bond acceptors (Lipinski definition) is 4. The lowest BCUT2D eigenvalue weighted by Gasteiger charge is -2.15. The number of benzene rings is 3. The van der Waals surface area contributed by atoms with Gasteiger partial charge in [-0.1, -0.05) is 35.9 Å². The van der Waals surface area contributed by atoms with E-state index < -0.39 is 5.97 Å². The van der Waals surface area contributed by atoms with Crippen molar-refractivity contribution in [2.24, 2.45) is 0 Å². The van der Waals surface area contributed by atoms with E-state index in [1.165, 1.54) is 12.1 Å². The van der Waals surface area contributed by atoms with E-state index in [0.717, 1.165) is 16.8 Å². The summed E-state index contributed by atoms with van der Waals surface area (Å²) < 4.78 is 13.2. The van der Waals surface area contributed by atoms with Gasteiger partial charge >= 0.3 is 5.97 Å². The number of unbranched alkanes of at least 4 members (excludes halogenated alkanes) is 1. The zero-order valence-corrected chi connectivity index (χ0v) is 20.4. The number of halogens is 2. The van der Waals surface area contributed by atoms with Gasteiger partial charge in [0.15, 0.2) is 0 Å². The first-order chi connectivity index (χ1) is 17.3. The predicted octanol–water partition coefficient (Wildman–Crippen LogP) is 6.38. The molecule has 0 saturated carbocycles. The van der Waals surface area contributed by atoms with Gasteiger partial charge in [-0.2, -0.15) is 0 Å². The van der Waals surface area contributed by atoms with Gasteiger partial charge in [-0.25, -0.2) is 14.4 Å². The summed E-state index contributed by atoms with van der Waals surface area (Å²) in [6.45, 7) is 1.83. The topological polar surface area (TPSA) is 92.2 Å². The average molecular weight is 506 g/mol. The number of nitrogens with zero attached hydrogens (tertiary/aromatic N) is 2. The number of nitrogens with one attached hydrogen (secondary N) is 1. The van der Waals surface area contributed by atoms with E-state index in [2.05, 4.69) is 5.32 Å². The van der Waals surface area contributed by atoms with Crippen LogP contribution in [0.3, 0.4) is 0 Å². The predicted molar refractivity (Wildman–Crippen MR) is 137 cm³/mol. The van der Waals surface area contributed by atoms with Gasteiger partial charge < -0.3 is 10.4 Å². The molecule has 1 aromatic heterocycles. The number of hydrogen-bond donors (Lipinski definition) is 2. The van der Waals surface area contributed by atoms with Crippen molar-refractivity contribution in [2.45, 2.75) is 38.6 Å². The second-order valence-corrected chi connectivity index (χ2v) is 9.01. The third-order valence-electron chi connectivity index (χ3n) is 5.89. The number of aryl methyl sites for hydroxylation is 1. The molecule has 0 fully saturated rings. The maximum absolute atomic E-state index is 13.2. The summed E-state index contributed by atoms with van der Waals surface area (Å²) in [5.74, 6) is -1.44. The molecule has 4 rings (SSSR count). The molecule has 0 saturated heterocycles. The second kappa shape index (κ2) is 11.3. The molecule has 1 amide bonds. The molecule has 0 aliphatic carbocycles. The lowest BCUT2D eigenvalue weighted by molar-refractivity contribution is -0.137. The Labute approximate surface area is 213 Å². The summed E-state index contributed by atoms with van der Waals surface area (Å²) in [6.07, 6.45) is 1.81. The van der Waals surface area contributed by atoms with E-state index >= 15 is 0 Å². The summed E-state index contributed by atoms with van der Waals surface area (Å²) in [5.41, 5.74) is 4.73. The number of carbonyl (C=O) groups excluding carboxylic acids is 1. The first kappa shape index (κ1) is 25.3. The van der Waals surface area contributed by atoms with Crippen LogP contribution in [0.15, 0.2) is 66.7 Å². The van der Waals surface area contributed by atoms with Crippen molar-refractivity contribution in [2.75, 3.05) is 0 Å². The van der Waals surface area contributed by atoms with Gasteiger partial charge in [0.05, 0.1) is 28.5 Å². The maximum Gasteiger partial charge on any atom is 0.303 e. The van der Waals surface area contributed by atoms with E-state index in [1.54, 1.807) is 42.5 Å². The number of carboxylic acids is 1. The fourth-order valence-corrected chi connectivity index (χ4v) is 4.05. The molecule has 1 atom stereocenters. The fraction of sp³-hybridized carbons (Fsp3) is 0.214. The normalized spacial score (nSPS) is 11.9. The van der Waals surface area contributed by atoms with Crippen molar-refractivity contribution in [3.63, 3.8) is 0 Å². The highest BCUT2D eigenvalue weighted by Gasteiger charge is 2.16. The molecule has 36 heavy (non-hydrogen) atoms. The molecule has 0 aliphatic rings. The molecule has 0 radical (unpaired) electrons. The summed E-state index contributed by atoms with van der Waals surface area (Å²) in [7, 11) is 0. The van der Waals surface area contributed by atoms with Gasteiger partial charge in [0, 0.05) is 22.6 Å². The summed E-state index contributed by atoms with van der Waals surface area (Å²) >= 11 is 6.05. The molecular formula is C28H25ClFN3O3. The summed E-state index contributed by atoms with van der Waals surface area (Å²) in [4.78, 5) is 33.4. The van der Waals surface area contributed by atoms with Crippen molar-refractivity contribution in [3.05, 3.63) is 94.4 Å². The molecule has 0 aliphatic heterocycles. The van der Waals surface area contributed by atoms with Crippen LogP contribution in [0.4, 0.5) is 4.39 Å². The van der Waals surface area contributed by atoms with Crippen LogP contribution >= 0.6 is 11.6 Å². The van der Waals surface area contributed by atoms with Gasteiger partial charge in [0.2, 0.25) is 0 Å². The molecule has 3 aromatic carbocycles. The van der Waals surface area contributed by atoms with Crippen molar-refractivity contribution in [1.29, 1.82) is 0 Å². The number of aliphatic carboxylic acids is 1. The molecule has 4 aromatic rings. The van der Waals surface area contributed by atoms with Crippen molar-refractivity contribution < 1.29 is 19.1 Å². The Morgan fingerprint density at radius 1 is 0.972 bits per heavy atom. The molecule has 6 nitrogen and oxygen atoms in total. The van der Waals surface area contributed by atoms with E-state index in [4.69, 9.17) is 26.7 Å². The monoisotopic (exact) mass is 505 g/mol. The number of carboxylic acid groups (broad SMARTS) is 1. The van der Waals surface area contributed by atoms with E-state index in [9.17, 15) is 14.0 Å². The SMILES string of the molecule is C[C@H](NC(=O)c1ccc2nc(-c3ccc(Cl)cc3)c(CCCCC(=O)O)nc2c1)c1ccc(F)cc1. The van der Waals surface area contributed by atoms with E-state index in [0.29, 0.717) is 46.6 Å².